The first-order valence-corrected chi connectivity index (χ1v) is 5.48. The Kier molecular flexibility index (Phi) is 9.21. The maximum Gasteiger partial charge on any atom is 0.508 e. The molecule has 1 aliphatic heterocycles. The minimum Gasteiger partial charge on any atom is -0.438 e. The average Bonchev–Trinajstić information content (AvgIpc) is 2.97. The van der Waals surface area contributed by atoms with E-state index in [1.54, 1.807) is 0 Å². The molecule has 0 saturated carbocycles. The first-order valence-electron chi connectivity index (χ1n) is 5.48. The van der Waals surface area contributed by atoms with Gasteiger partial charge in [-0.3, -0.25) is 0 Å². The van der Waals surface area contributed by atoms with Crippen LogP contribution in [-0.2, 0) is 28.4 Å². The lowest BCUT2D eigenvalue weighted by molar-refractivity contribution is -0.202. The molecule has 0 aromatic carbocycles. The lowest BCUT2D eigenvalue weighted by Gasteiger charge is -2.10. The van der Waals surface area contributed by atoms with E-state index in [0.717, 1.165) is 0 Å². The van der Waals surface area contributed by atoms with Crippen LogP contribution in [0.3, 0.4) is 0 Å². The van der Waals surface area contributed by atoms with E-state index >= 15 is 0 Å². The number of alkyl halides is 3. The Morgan fingerprint density at radius 1 is 1.10 bits per heavy atom. The molecule has 11 heteroatoms. The first-order chi connectivity index (χ1) is 9.81. The second kappa shape index (κ2) is 10.0. The van der Waals surface area contributed by atoms with E-state index in [1.165, 1.54) is 14.2 Å². The standard InChI is InChI=1S/C6H10O6.C4H5F3O2/c1-9-5(7)11-3-4-12-6(8)10-2;5-4(6,7)3-1-8-2-9-3/h3-4H2,1-2H3;3H,1-2H2. The van der Waals surface area contributed by atoms with Crippen molar-refractivity contribution in [1.82, 2.24) is 0 Å². The predicted molar refractivity (Wildman–Crippen MR) is 58.5 cm³/mol. The van der Waals surface area contributed by atoms with Gasteiger partial charge >= 0.3 is 18.5 Å². The summed E-state index contributed by atoms with van der Waals surface area (Å²) in [5.41, 5.74) is 0. The van der Waals surface area contributed by atoms with Gasteiger partial charge in [0.05, 0.1) is 20.8 Å². The third-order valence-corrected chi connectivity index (χ3v) is 1.84. The fraction of sp³-hybridized carbons (Fsp3) is 0.800. The van der Waals surface area contributed by atoms with E-state index in [9.17, 15) is 22.8 Å². The highest BCUT2D eigenvalue weighted by Crippen LogP contribution is 2.25. The van der Waals surface area contributed by atoms with Crippen molar-refractivity contribution < 1.29 is 51.2 Å². The monoisotopic (exact) mass is 320 g/mol. The number of carbonyl (C=O) groups excluding carboxylic acids is 2. The number of hydrogen-bond acceptors (Lipinski definition) is 8. The lowest BCUT2D eigenvalue weighted by Crippen LogP contribution is -2.30. The molecular weight excluding hydrogens is 305 g/mol. The summed E-state index contributed by atoms with van der Waals surface area (Å²) in [6.07, 6.45) is -7.61. The predicted octanol–water partition coefficient (Wildman–Crippen LogP) is 1.47. The van der Waals surface area contributed by atoms with Crippen molar-refractivity contribution in [3.05, 3.63) is 0 Å². The smallest absolute Gasteiger partial charge is 0.438 e. The number of halogens is 3. The highest BCUT2D eigenvalue weighted by molar-refractivity contribution is 5.60. The molecule has 1 fully saturated rings. The molecule has 1 rings (SSSR count). The number of hydrogen-bond donors (Lipinski definition) is 0. The zero-order chi connectivity index (χ0) is 16.3. The summed E-state index contributed by atoms with van der Waals surface area (Å²) in [5, 5.41) is 0. The maximum absolute atomic E-state index is 11.6. The van der Waals surface area contributed by atoms with Crippen LogP contribution in [0.1, 0.15) is 0 Å². The summed E-state index contributed by atoms with van der Waals surface area (Å²) in [4.78, 5) is 20.6. The van der Waals surface area contributed by atoms with Crippen molar-refractivity contribution >= 4 is 12.3 Å². The molecule has 0 amide bonds. The lowest BCUT2D eigenvalue weighted by atomic mass is 10.4. The zero-order valence-corrected chi connectivity index (χ0v) is 11.3. The molecule has 0 spiro atoms. The molecule has 124 valence electrons. The molecule has 0 aromatic rings. The highest BCUT2D eigenvalue weighted by atomic mass is 19.4. The van der Waals surface area contributed by atoms with Gasteiger partial charge in [0.15, 0.2) is 6.10 Å². The van der Waals surface area contributed by atoms with E-state index in [1.807, 2.05) is 0 Å². The van der Waals surface area contributed by atoms with Crippen molar-refractivity contribution in [3.8, 4) is 0 Å². The Hall–Kier alpha value is -1.75. The second-order valence-electron chi connectivity index (χ2n) is 3.29. The Balaban J connectivity index is 0.000000394. The van der Waals surface area contributed by atoms with Crippen LogP contribution in [0.25, 0.3) is 0 Å². The van der Waals surface area contributed by atoms with Gasteiger partial charge in [0, 0.05) is 0 Å². The molecule has 0 bridgehead atoms. The van der Waals surface area contributed by atoms with Crippen molar-refractivity contribution in [2.75, 3.05) is 40.8 Å². The first kappa shape index (κ1) is 19.2. The molecule has 1 aliphatic rings. The molecule has 0 aromatic heterocycles. The molecule has 1 atom stereocenters. The van der Waals surface area contributed by atoms with Gasteiger partial charge in [0.25, 0.3) is 0 Å². The highest BCUT2D eigenvalue weighted by Gasteiger charge is 2.43. The Labute approximate surface area is 118 Å². The van der Waals surface area contributed by atoms with E-state index in [4.69, 9.17) is 0 Å². The average molecular weight is 320 g/mol. The van der Waals surface area contributed by atoms with Crippen LogP contribution in [0, 0.1) is 0 Å². The van der Waals surface area contributed by atoms with Crippen LogP contribution >= 0.6 is 0 Å². The fourth-order valence-electron chi connectivity index (χ4n) is 0.890. The van der Waals surface area contributed by atoms with E-state index < -0.39 is 24.6 Å². The van der Waals surface area contributed by atoms with Crippen molar-refractivity contribution in [2.24, 2.45) is 0 Å². The minimum absolute atomic E-state index is 0.0538. The SMILES string of the molecule is COC(=O)OCCOC(=O)OC.FC(F)(F)C1COCO1. The topological polar surface area (TPSA) is 89.5 Å². The van der Waals surface area contributed by atoms with Crippen molar-refractivity contribution in [2.45, 2.75) is 12.3 Å². The normalized spacial score (nSPS) is 17.3. The largest absolute Gasteiger partial charge is 0.508 e. The molecule has 0 aliphatic carbocycles. The van der Waals surface area contributed by atoms with Crippen LogP contribution in [0.2, 0.25) is 0 Å². The fourth-order valence-corrected chi connectivity index (χ4v) is 0.890. The van der Waals surface area contributed by atoms with Crippen LogP contribution in [-0.4, -0.2) is 65.4 Å². The third-order valence-electron chi connectivity index (χ3n) is 1.84. The molecular formula is C10H15F3O8. The van der Waals surface area contributed by atoms with Crippen molar-refractivity contribution in [1.29, 1.82) is 0 Å². The van der Waals surface area contributed by atoms with Gasteiger partial charge in [0.1, 0.15) is 20.0 Å². The molecule has 8 nitrogen and oxygen atoms in total. The molecule has 1 saturated heterocycles. The van der Waals surface area contributed by atoms with E-state index in [2.05, 4.69) is 28.4 Å². The van der Waals surface area contributed by atoms with Gasteiger partial charge in [0.2, 0.25) is 0 Å². The van der Waals surface area contributed by atoms with E-state index in [-0.39, 0.29) is 26.6 Å². The minimum atomic E-state index is -4.27. The quantitative estimate of drug-likeness (QED) is 0.570. The maximum atomic E-state index is 11.6. The summed E-state index contributed by atoms with van der Waals surface area (Å²) >= 11 is 0. The molecule has 0 N–H and O–H groups in total. The molecule has 0 radical (unpaired) electrons. The summed E-state index contributed by atoms with van der Waals surface area (Å²) in [7, 11) is 2.37. The van der Waals surface area contributed by atoms with E-state index in [0.29, 0.717) is 0 Å². The van der Waals surface area contributed by atoms with Crippen LogP contribution in [0.15, 0.2) is 0 Å². The van der Waals surface area contributed by atoms with Gasteiger partial charge in [-0.1, -0.05) is 0 Å². The Morgan fingerprint density at radius 2 is 1.57 bits per heavy atom. The molecule has 1 heterocycles. The molecule has 21 heavy (non-hydrogen) atoms. The third kappa shape index (κ3) is 9.73. The van der Waals surface area contributed by atoms with Crippen molar-refractivity contribution in [3.63, 3.8) is 0 Å². The van der Waals surface area contributed by atoms with Gasteiger partial charge in [-0.2, -0.15) is 13.2 Å². The second-order valence-corrected chi connectivity index (χ2v) is 3.29. The van der Waals surface area contributed by atoms with Crippen LogP contribution in [0.5, 0.6) is 0 Å². The van der Waals surface area contributed by atoms with Gasteiger partial charge < -0.3 is 28.4 Å². The zero-order valence-electron chi connectivity index (χ0n) is 11.3. The number of ether oxygens (including phenoxy) is 6. The van der Waals surface area contributed by atoms with Gasteiger partial charge in [-0.05, 0) is 0 Å². The van der Waals surface area contributed by atoms with Gasteiger partial charge in [-0.15, -0.1) is 0 Å². The summed E-state index contributed by atoms with van der Waals surface area (Å²) < 4.78 is 60.3. The van der Waals surface area contributed by atoms with Gasteiger partial charge in [-0.25, -0.2) is 9.59 Å². The summed E-state index contributed by atoms with van der Waals surface area (Å²) in [5.74, 6) is 0. The number of methoxy groups -OCH3 is 2. The summed E-state index contributed by atoms with van der Waals surface area (Å²) in [6.45, 7) is -0.725. The van der Waals surface area contributed by atoms with Crippen LogP contribution in [0.4, 0.5) is 22.8 Å². The summed E-state index contributed by atoms with van der Waals surface area (Å²) in [6, 6.07) is 0. The Morgan fingerprint density at radius 3 is 1.81 bits per heavy atom. The Bertz CT molecular complexity index is 296. The molecule has 1 unspecified atom stereocenters. The van der Waals surface area contributed by atoms with Crippen LogP contribution < -0.4 is 0 Å². The number of carbonyl (C=O) groups is 2. The number of rotatable bonds is 3.